The van der Waals surface area contributed by atoms with Crippen LogP contribution in [0, 0.1) is 0 Å². The van der Waals surface area contributed by atoms with Crippen molar-refractivity contribution < 1.29 is 9.59 Å². The van der Waals surface area contributed by atoms with Crippen LogP contribution in [-0.2, 0) is 4.79 Å². The minimum atomic E-state index is -0.716. The number of anilines is 4. The van der Waals surface area contributed by atoms with Gasteiger partial charge in [0.05, 0.1) is 24.1 Å². The molecule has 0 aromatic carbocycles. The number of pyridine rings is 1. The monoisotopic (exact) mass is 370 g/mol. The summed E-state index contributed by atoms with van der Waals surface area (Å²) in [6.45, 7) is 3.79. The van der Waals surface area contributed by atoms with Gasteiger partial charge in [0, 0.05) is 19.5 Å². The molecule has 1 unspecified atom stereocenters. The van der Waals surface area contributed by atoms with Crippen molar-refractivity contribution in [1.82, 2.24) is 15.0 Å². The Hall–Kier alpha value is -3.27. The number of nitrogens with zero attached hydrogens (tertiary/aromatic N) is 5. The van der Waals surface area contributed by atoms with Crippen molar-refractivity contribution in [2.45, 2.75) is 25.8 Å². The standard InChI is InChI=1S/C17H22N8O2/c1-11(5-8-26)25(19)14-10-21-15(16(18)27)17(23-14)22-12-3-4-13(20-9-12)24-6-2-7-24/h3-4,8-11H,2,5-7,19H2,1H3,(H2,18,27)(H,22,23). The lowest BCUT2D eigenvalue weighted by atomic mass is 10.2. The molecule has 10 heteroatoms. The maximum atomic E-state index is 11.7. The van der Waals surface area contributed by atoms with Crippen molar-refractivity contribution in [3.63, 3.8) is 0 Å². The minimum Gasteiger partial charge on any atom is -0.364 e. The van der Waals surface area contributed by atoms with Crippen molar-refractivity contribution in [3.05, 3.63) is 30.2 Å². The SMILES string of the molecule is CC(CC=O)N(N)c1cnc(C(N)=O)c(Nc2ccc(N3CCC3)nc2)n1. The van der Waals surface area contributed by atoms with E-state index in [-0.39, 0.29) is 24.0 Å². The smallest absolute Gasteiger partial charge is 0.271 e. The third kappa shape index (κ3) is 4.11. The third-order valence-corrected chi connectivity index (χ3v) is 4.36. The zero-order valence-electron chi connectivity index (χ0n) is 15.0. The average Bonchev–Trinajstić information content (AvgIpc) is 2.61. The molecule has 1 saturated heterocycles. The summed E-state index contributed by atoms with van der Waals surface area (Å²) in [6.07, 6.45) is 5.19. The second kappa shape index (κ2) is 7.96. The van der Waals surface area contributed by atoms with Crippen molar-refractivity contribution in [2.24, 2.45) is 11.6 Å². The number of nitrogens with one attached hydrogen (secondary N) is 1. The minimum absolute atomic E-state index is 0.0120. The third-order valence-electron chi connectivity index (χ3n) is 4.36. The second-order valence-corrected chi connectivity index (χ2v) is 6.32. The quantitative estimate of drug-likeness (QED) is 0.345. The van der Waals surface area contributed by atoms with Gasteiger partial charge < -0.3 is 20.7 Å². The van der Waals surface area contributed by atoms with Gasteiger partial charge in [-0.15, -0.1) is 0 Å². The number of hydrogen-bond donors (Lipinski definition) is 3. The van der Waals surface area contributed by atoms with Gasteiger partial charge in [-0.3, -0.25) is 9.80 Å². The van der Waals surface area contributed by atoms with Crippen LogP contribution in [0.1, 0.15) is 30.3 Å². The maximum absolute atomic E-state index is 11.7. The fourth-order valence-corrected chi connectivity index (χ4v) is 2.58. The lowest BCUT2D eigenvalue weighted by molar-refractivity contribution is -0.108. The zero-order chi connectivity index (χ0) is 19.4. The van der Waals surface area contributed by atoms with E-state index in [0.717, 1.165) is 25.2 Å². The summed E-state index contributed by atoms with van der Waals surface area (Å²) < 4.78 is 0. The summed E-state index contributed by atoms with van der Waals surface area (Å²) >= 11 is 0. The molecule has 142 valence electrons. The van der Waals surface area contributed by atoms with Crippen LogP contribution < -0.4 is 26.8 Å². The number of carbonyl (C=O) groups excluding carboxylic acids is 2. The Bertz CT molecular complexity index is 822. The van der Waals surface area contributed by atoms with Crippen LogP contribution in [0.25, 0.3) is 0 Å². The molecule has 5 N–H and O–H groups in total. The molecule has 0 aliphatic carbocycles. The van der Waals surface area contributed by atoms with E-state index < -0.39 is 5.91 Å². The lowest BCUT2D eigenvalue weighted by Crippen LogP contribution is -2.40. The number of aromatic nitrogens is 3. The number of aldehydes is 1. The van der Waals surface area contributed by atoms with Crippen molar-refractivity contribution in [3.8, 4) is 0 Å². The predicted molar refractivity (Wildman–Crippen MR) is 102 cm³/mol. The van der Waals surface area contributed by atoms with E-state index in [9.17, 15) is 9.59 Å². The molecule has 10 nitrogen and oxygen atoms in total. The van der Waals surface area contributed by atoms with Gasteiger partial charge in [-0.05, 0) is 25.5 Å². The number of nitrogens with two attached hydrogens (primary N) is 2. The normalized spacial score (nSPS) is 14.2. The Morgan fingerprint density at radius 2 is 2.15 bits per heavy atom. The average molecular weight is 370 g/mol. The van der Waals surface area contributed by atoms with Crippen molar-refractivity contribution in [2.75, 3.05) is 28.3 Å². The number of hydrogen-bond acceptors (Lipinski definition) is 9. The number of hydrazine groups is 1. The van der Waals surface area contributed by atoms with Gasteiger partial charge in [-0.1, -0.05) is 0 Å². The summed E-state index contributed by atoms with van der Waals surface area (Å²) in [5, 5.41) is 4.34. The van der Waals surface area contributed by atoms with Gasteiger partial charge >= 0.3 is 0 Å². The first-order valence-corrected chi connectivity index (χ1v) is 8.62. The molecule has 1 fully saturated rings. The van der Waals surface area contributed by atoms with E-state index in [1.54, 1.807) is 13.1 Å². The molecule has 2 aromatic heterocycles. The molecule has 1 aliphatic rings. The molecule has 0 saturated carbocycles. The highest BCUT2D eigenvalue weighted by Crippen LogP contribution is 2.23. The van der Waals surface area contributed by atoms with E-state index in [2.05, 4.69) is 25.2 Å². The van der Waals surface area contributed by atoms with Gasteiger partial charge in [0.1, 0.15) is 12.1 Å². The number of amides is 1. The Morgan fingerprint density at radius 3 is 2.70 bits per heavy atom. The van der Waals surface area contributed by atoms with Crippen molar-refractivity contribution in [1.29, 1.82) is 0 Å². The predicted octanol–water partition coefficient (Wildman–Crippen LogP) is 0.582. The van der Waals surface area contributed by atoms with Crippen LogP contribution in [0.3, 0.4) is 0 Å². The van der Waals surface area contributed by atoms with Gasteiger partial charge in [-0.2, -0.15) is 0 Å². The molecule has 0 bridgehead atoms. The molecular formula is C17H22N8O2. The number of carbonyl (C=O) groups is 2. The molecular weight excluding hydrogens is 348 g/mol. The van der Waals surface area contributed by atoms with E-state index in [0.29, 0.717) is 11.5 Å². The van der Waals surface area contributed by atoms with Crippen molar-refractivity contribution >= 4 is 35.3 Å². The Balaban J connectivity index is 1.84. The molecule has 3 heterocycles. The molecule has 3 rings (SSSR count). The molecule has 0 spiro atoms. The summed E-state index contributed by atoms with van der Waals surface area (Å²) in [5.41, 5.74) is 6.02. The molecule has 0 radical (unpaired) electrons. The largest absolute Gasteiger partial charge is 0.364 e. The first-order chi connectivity index (χ1) is 13.0. The van der Waals surface area contributed by atoms with Crippen LogP contribution >= 0.6 is 0 Å². The van der Waals surface area contributed by atoms with Crippen LogP contribution in [-0.4, -0.2) is 46.3 Å². The zero-order valence-corrected chi connectivity index (χ0v) is 15.0. The van der Waals surface area contributed by atoms with Crippen LogP contribution in [0.4, 0.5) is 23.1 Å². The summed E-state index contributed by atoms with van der Waals surface area (Å²) in [5.74, 6) is 6.66. The topological polar surface area (TPSA) is 143 Å². The number of primary amides is 1. The second-order valence-electron chi connectivity index (χ2n) is 6.32. The highest BCUT2D eigenvalue weighted by Gasteiger charge is 2.19. The molecule has 1 atom stereocenters. The maximum Gasteiger partial charge on any atom is 0.271 e. The van der Waals surface area contributed by atoms with E-state index in [1.165, 1.54) is 17.6 Å². The first-order valence-electron chi connectivity index (χ1n) is 8.62. The van der Waals surface area contributed by atoms with Crippen LogP contribution in [0.5, 0.6) is 0 Å². The summed E-state index contributed by atoms with van der Waals surface area (Å²) in [7, 11) is 0. The summed E-state index contributed by atoms with van der Waals surface area (Å²) in [6, 6.07) is 3.46. The van der Waals surface area contributed by atoms with Gasteiger partial charge in [-0.25, -0.2) is 20.8 Å². The Kier molecular flexibility index (Phi) is 5.46. The van der Waals surface area contributed by atoms with E-state index >= 15 is 0 Å². The van der Waals surface area contributed by atoms with Gasteiger partial charge in [0.15, 0.2) is 17.3 Å². The molecule has 1 amide bonds. The van der Waals surface area contributed by atoms with E-state index in [1.807, 2.05) is 12.1 Å². The highest BCUT2D eigenvalue weighted by atomic mass is 16.1. The van der Waals surface area contributed by atoms with Crippen LogP contribution in [0.2, 0.25) is 0 Å². The van der Waals surface area contributed by atoms with E-state index in [4.69, 9.17) is 11.6 Å². The molecule has 27 heavy (non-hydrogen) atoms. The fraction of sp³-hybridized carbons (Fsp3) is 0.353. The Morgan fingerprint density at radius 1 is 1.37 bits per heavy atom. The lowest BCUT2D eigenvalue weighted by Gasteiger charge is -2.31. The molecule has 2 aromatic rings. The van der Waals surface area contributed by atoms with Crippen LogP contribution in [0.15, 0.2) is 24.5 Å². The first kappa shape index (κ1) is 18.5. The Labute approximate surface area is 156 Å². The number of rotatable bonds is 8. The highest BCUT2D eigenvalue weighted by molar-refractivity contribution is 5.96. The fourth-order valence-electron chi connectivity index (χ4n) is 2.58. The van der Waals surface area contributed by atoms with Gasteiger partial charge in [0.25, 0.3) is 5.91 Å². The van der Waals surface area contributed by atoms with Gasteiger partial charge in [0.2, 0.25) is 0 Å². The molecule has 1 aliphatic heterocycles. The summed E-state index contributed by atoms with van der Waals surface area (Å²) in [4.78, 5) is 37.4.